The first-order valence-electron chi connectivity index (χ1n) is 9.85. The molecule has 4 rings (SSSR count). The van der Waals surface area contributed by atoms with Gasteiger partial charge in [0.15, 0.2) is 0 Å². The Morgan fingerprint density at radius 2 is 2.10 bits per heavy atom. The van der Waals surface area contributed by atoms with Crippen LogP contribution in [0.25, 0.3) is 11.1 Å². The summed E-state index contributed by atoms with van der Waals surface area (Å²) in [4.78, 5) is 17.0. The maximum atomic E-state index is 13.5. The summed E-state index contributed by atoms with van der Waals surface area (Å²) >= 11 is 0. The normalized spacial score (nSPS) is 19.2. The van der Waals surface area contributed by atoms with Crippen LogP contribution in [0.1, 0.15) is 31.4 Å². The van der Waals surface area contributed by atoms with Crippen molar-refractivity contribution in [2.45, 2.75) is 25.9 Å². The number of pyridine rings is 1. The molecule has 0 spiro atoms. The molecule has 6 nitrogen and oxygen atoms in total. The molecular formula is C23H24FN3O3. The molecule has 156 valence electrons. The lowest BCUT2D eigenvalue weighted by Crippen LogP contribution is -2.21. The van der Waals surface area contributed by atoms with Crippen LogP contribution in [-0.4, -0.2) is 36.8 Å². The molecule has 0 atom stereocenters. The van der Waals surface area contributed by atoms with Crippen molar-refractivity contribution in [3.63, 3.8) is 0 Å². The van der Waals surface area contributed by atoms with Crippen molar-refractivity contribution >= 4 is 28.6 Å². The van der Waals surface area contributed by atoms with Crippen LogP contribution >= 0.6 is 0 Å². The highest BCUT2D eigenvalue weighted by molar-refractivity contribution is 6.32. The summed E-state index contributed by atoms with van der Waals surface area (Å²) in [5.74, 6) is 0.565. The lowest BCUT2D eigenvalue weighted by Gasteiger charge is -2.23. The van der Waals surface area contributed by atoms with Gasteiger partial charge in [-0.15, -0.1) is 0 Å². The predicted molar refractivity (Wildman–Crippen MR) is 114 cm³/mol. The van der Waals surface area contributed by atoms with Crippen LogP contribution in [0, 0.1) is 5.82 Å². The van der Waals surface area contributed by atoms with Crippen LogP contribution in [0.15, 0.2) is 48.4 Å². The summed E-state index contributed by atoms with van der Waals surface area (Å²) in [5.41, 5.74) is 2.70. The van der Waals surface area contributed by atoms with Gasteiger partial charge in [-0.2, -0.15) is 0 Å². The fraction of sp³-hybridized carbons (Fsp3) is 0.304. The highest BCUT2D eigenvalue weighted by Crippen LogP contribution is 2.44. The van der Waals surface area contributed by atoms with E-state index >= 15 is 0 Å². The minimum Gasteiger partial charge on any atom is -0.482 e. The van der Waals surface area contributed by atoms with Gasteiger partial charge in [0.25, 0.3) is 5.91 Å². The molecule has 0 saturated heterocycles. The van der Waals surface area contributed by atoms with E-state index in [2.05, 4.69) is 15.6 Å². The van der Waals surface area contributed by atoms with Gasteiger partial charge < -0.3 is 20.1 Å². The SMILES string of the molecule is COCCCNc1ccc(C2=C/C(=C3\C(=O)Nc4cc(F)ccc43)OC2(C)C)cn1. The molecule has 1 aromatic carbocycles. The van der Waals surface area contributed by atoms with Gasteiger partial charge in [0.2, 0.25) is 0 Å². The number of nitrogens with zero attached hydrogens (tertiary/aromatic N) is 1. The number of ether oxygens (including phenoxy) is 2. The van der Waals surface area contributed by atoms with Gasteiger partial charge in [0.05, 0.1) is 11.3 Å². The molecule has 0 unspecified atom stereocenters. The molecule has 1 amide bonds. The number of nitrogens with one attached hydrogen (secondary N) is 2. The zero-order chi connectivity index (χ0) is 21.3. The fourth-order valence-electron chi connectivity index (χ4n) is 3.70. The van der Waals surface area contributed by atoms with Crippen LogP contribution in [-0.2, 0) is 14.3 Å². The Balaban J connectivity index is 1.63. The third-order valence-electron chi connectivity index (χ3n) is 5.17. The molecule has 2 aliphatic heterocycles. The van der Waals surface area contributed by atoms with E-state index in [9.17, 15) is 9.18 Å². The quantitative estimate of drug-likeness (QED) is 0.552. The topological polar surface area (TPSA) is 72.5 Å². The monoisotopic (exact) mass is 409 g/mol. The molecular weight excluding hydrogens is 385 g/mol. The van der Waals surface area contributed by atoms with E-state index in [0.717, 1.165) is 29.9 Å². The molecule has 2 aliphatic rings. The molecule has 0 radical (unpaired) electrons. The summed E-state index contributed by atoms with van der Waals surface area (Å²) in [6.07, 6.45) is 4.56. The van der Waals surface area contributed by atoms with Gasteiger partial charge in [-0.1, -0.05) is 0 Å². The Morgan fingerprint density at radius 1 is 1.27 bits per heavy atom. The lowest BCUT2D eigenvalue weighted by molar-refractivity contribution is -0.111. The molecule has 2 N–H and O–H groups in total. The van der Waals surface area contributed by atoms with E-state index in [1.807, 2.05) is 32.1 Å². The van der Waals surface area contributed by atoms with E-state index < -0.39 is 11.4 Å². The van der Waals surface area contributed by atoms with Crippen molar-refractivity contribution < 1.29 is 18.7 Å². The third kappa shape index (κ3) is 3.80. The Bertz CT molecular complexity index is 1040. The van der Waals surface area contributed by atoms with E-state index in [1.165, 1.54) is 12.1 Å². The Labute approximate surface area is 174 Å². The number of amides is 1. The highest BCUT2D eigenvalue weighted by Gasteiger charge is 2.38. The Kier molecular flexibility index (Phi) is 5.30. The zero-order valence-corrected chi connectivity index (χ0v) is 17.2. The van der Waals surface area contributed by atoms with Crippen molar-refractivity contribution in [3.8, 4) is 0 Å². The number of methoxy groups -OCH3 is 1. The van der Waals surface area contributed by atoms with Gasteiger partial charge in [0.1, 0.15) is 23.0 Å². The van der Waals surface area contributed by atoms with Crippen molar-refractivity contribution in [2.75, 3.05) is 30.9 Å². The molecule has 2 aromatic rings. The van der Waals surface area contributed by atoms with Gasteiger partial charge in [0, 0.05) is 43.2 Å². The molecule has 3 heterocycles. The number of carbonyl (C=O) groups is 1. The number of allylic oxidation sites excluding steroid dienone is 1. The summed E-state index contributed by atoms with van der Waals surface area (Å²) in [6.45, 7) is 5.37. The maximum absolute atomic E-state index is 13.5. The molecule has 30 heavy (non-hydrogen) atoms. The highest BCUT2D eigenvalue weighted by atomic mass is 19.1. The van der Waals surface area contributed by atoms with E-state index in [-0.39, 0.29) is 5.91 Å². The summed E-state index contributed by atoms with van der Waals surface area (Å²) in [5, 5.41) is 5.97. The van der Waals surface area contributed by atoms with Crippen molar-refractivity contribution in [1.82, 2.24) is 4.98 Å². The zero-order valence-electron chi connectivity index (χ0n) is 17.2. The molecule has 1 aromatic heterocycles. The third-order valence-corrected chi connectivity index (χ3v) is 5.17. The van der Waals surface area contributed by atoms with Crippen LogP contribution in [0.2, 0.25) is 0 Å². The van der Waals surface area contributed by atoms with Crippen LogP contribution in [0.4, 0.5) is 15.9 Å². The average molecular weight is 409 g/mol. The van der Waals surface area contributed by atoms with E-state index in [4.69, 9.17) is 9.47 Å². The second kappa shape index (κ2) is 7.91. The fourth-order valence-corrected chi connectivity index (χ4v) is 3.70. The minimum absolute atomic E-state index is 0.298. The van der Waals surface area contributed by atoms with Gasteiger partial charge in [-0.05, 0) is 56.7 Å². The Hall–Kier alpha value is -3.19. The summed E-state index contributed by atoms with van der Waals surface area (Å²) in [7, 11) is 1.68. The number of rotatable bonds is 6. The number of hydrogen-bond donors (Lipinski definition) is 2. The maximum Gasteiger partial charge on any atom is 0.260 e. The number of aromatic nitrogens is 1. The smallest absolute Gasteiger partial charge is 0.260 e. The van der Waals surface area contributed by atoms with Crippen LogP contribution in [0.3, 0.4) is 0 Å². The first-order valence-corrected chi connectivity index (χ1v) is 9.85. The lowest BCUT2D eigenvalue weighted by atomic mass is 9.93. The summed E-state index contributed by atoms with van der Waals surface area (Å²) in [6, 6.07) is 8.15. The average Bonchev–Trinajstić information content (AvgIpc) is 3.20. The van der Waals surface area contributed by atoms with E-state index in [0.29, 0.717) is 29.2 Å². The molecule has 0 saturated carbocycles. The number of hydrogen-bond acceptors (Lipinski definition) is 5. The number of carbonyl (C=O) groups excluding carboxylic acids is 1. The Morgan fingerprint density at radius 3 is 2.83 bits per heavy atom. The van der Waals surface area contributed by atoms with Crippen molar-refractivity contribution in [2.24, 2.45) is 0 Å². The first kappa shape index (κ1) is 20.1. The molecule has 0 bridgehead atoms. The van der Waals surface area contributed by atoms with Crippen LogP contribution in [0.5, 0.6) is 0 Å². The van der Waals surface area contributed by atoms with Gasteiger partial charge >= 0.3 is 0 Å². The number of fused-ring (bicyclic) bond motifs is 1. The number of benzene rings is 1. The van der Waals surface area contributed by atoms with Crippen molar-refractivity contribution in [1.29, 1.82) is 0 Å². The molecule has 7 heteroatoms. The minimum atomic E-state index is -0.638. The second-order valence-electron chi connectivity index (χ2n) is 7.76. The number of halogens is 1. The number of anilines is 2. The standard InChI is InChI=1S/C23H24FN3O3/c1-23(2)17(14-5-8-20(26-13-14)25-9-4-10-29-3)12-19(30-23)21-16-7-6-15(24)11-18(16)27-22(21)28/h5-8,11-13H,4,9-10H2,1-3H3,(H,25,26)(H,27,28)/b21-19+. The van der Waals surface area contributed by atoms with Crippen LogP contribution < -0.4 is 10.6 Å². The molecule has 0 aliphatic carbocycles. The van der Waals surface area contributed by atoms with Crippen molar-refractivity contribution in [3.05, 3.63) is 65.3 Å². The summed E-state index contributed by atoms with van der Waals surface area (Å²) < 4.78 is 24.7. The first-order chi connectivity index (χ1) is 14.4. The second-order valence-corrected chi connectivity index (χ2v) is 7.76. The van der Waals surface area contributed by atoms with Gasteiger partial charge in [-0.25, -0.2) is 9.37 Å². The van der Waals surface area contributed by atoms with E-state index in [1.54, 1.807) is 19.4 Å². The largest absolute Gasteiger partial charge is 0.482 e. The molecule has 0 fully saturated rings. The van der Waals surface area contributed by atoms with Gasteiger partial charge in [-0.3, -0.25) is 4.79 Å². The predicted octanol–water partition coefficient (Wildman–Crippen LogP) is 4.22.